The van der Waals surface area contributed by atoms with Crippen molar-refractivity contribution >= 4 is 25.8 Å². The Bertz CT molecular complexity index is 458. The topological polar surface area (TPSA) is 34.1 Å². The van der Waals surface area contributed by atoms with Crippen LogP contribution in [0.1, 0.15) is 6.42 Å². The fraction of sp³-hybridized carbons (Fsp3) is 0.333. The zero-order valence-electron chi connectivity index (χ0n) is 7.15. The van der Waals surface area contributed by atoms with E-state index in [1.54, 1.807) is 12.1 Å². The van der Waals surface area contributed by atoms with Gasteiger partial charge in [-0.05, 0) is 24.6 Å². The summed E-state index contributed by atoms with van der Waals surface area (Å²) in [7, 11) is -3.44. The lowest BCUT2D eigenvalue weighted by Gasteiger charge is -2.02. The van der Waals surface area contributed by atoms with Crippen molar-refractivity contribution in [3.8, 4) is 0 Å². The molecular formula is C9H8BrFO2S. The van der Waals surface area contributed by atoms with Gasteiger partial charge in [0.2, 0.25) is 0 Å². The van der Waals surface area contributed by atoms with Gasteiger partial charge in [0.1, 0.15) is 6.17 Å². The first-order valence-electron chi connectivity index (χ1n) is 4.15. The van der Waals surface area contributed by atoms with Crippen LogP contribution in [0, 0.1) is 0 Å². The summed E-state index contributed by atoms with van der Waals surface area (Å²) in [6.07, 6.45) is -1.05. The molecule has 0 N–H and O–H groups in total. The molecule has 1 saturated carbocycles. The van der Waals surface area contributed by atoms with E-state index in [1.165, 1.54) is 12.1 Å². The van der Waals surface area contributed by atoms with Crippen molar-refractivity contribution in [2.75, 3.05) is 0 Å². The van der Waals surface area contributed by atoms with Gasteiger partial charge in [-0.25, -0.2) is 12.8 Å². The highest BCUT2D eigenvalue weighted by Crippen LogP contribution is 2.37. The van der Waals surface area contributed by atoms with Gasteiger partial charge >= 0.3 is 0 Å². The van der Waals surface area contributed by atoms with E-state index in [0.29, 0.717) is 4.47 Å². The van der Waals surface area contributed by atoms with E-state index in [2.05, 4.69) is 15.9 Å². The number of rotatable bonds is 2. The van der Waals surface area contributed by atoms with E-state index >= 15 is 0 Å². The predicted octanol–water partition coefficient (Wildman–Crippen LogP) is 2.33. The summed E-state index contributed by atoms with van der Waals surface area (Å²) < 4.78 is 36.7. The van der Waals surface area contributed by atoms with E-state index in [9.17, 15) is 12.8 Å². The van der Waals surface area contributed by atoms with Gasteiger partial charge in [-0.15, -0.1) is 0 Å². The molecular weight excluding hydrogens is 271 g/mol. The highest BCUT2D eigenvalue weighted by molar-refractivity contribution is 9.10. The Balaban J connectivity index is 2.40. The molecule has 2 nitrogen and oxygen atoms in total. The number of benzene rings is 1. The lowest BCUT2D eigenvalue weighted by Crippen LogP contribution is -2.09. The average Bonchev–Trinajstić information content (AvgIpc) is 2.83. The van der Waals surface area contributed by atoms with Gasteiger partial charge in [-0.3, -0.25) is 0 Å². The molecule has 76 valence electrons. The average molecular weight is 279 g/mol. The molecule has 14 heavy (non-hydrogen) atoms. The Hall–Kier alpha value is -0.420. The minimum absolute atomic E-state index is 0.134. The summed E-state index contributed by atoms with van der Waals surface area (Å²) in [4.78, 5) is 0.192. The van der Waals surface area contributed by atoms with Gasteiger partial charge in [0.25, 0.3) is 0 Å². The highest BCUT2D eigenvalue weighted by atomic mass is 79.9. The first-order chi connectivity index (χ1) is 6.51. The zero-order chi connectivity index (χ0) is 10.3. The maximum Gasteiger partial charge on any atom is 0.184 e. The molecule has 1 fully saturated rings. The standard InChI is InChI=1S/C9H8BrFO2S/c10-6-2-1-3-7(4-6)14(12,13)9-5-8(9)11/h1-4,8-9H,5H2/t8-,9-/m1/s1. The summed E-state index contributed by atoms with van der Waals surface area (Å²) in [5, 5.41) is -0.822. The molecule has 0 radical (unpaired) electrons. The number of hydrogen-bond donors (Lipinski definition) is 0. The predicted molar refractivity (Wildman–Crippen MR) is 54.6 cm³/mol. The SMILES string of the molecule is O=S(=O)(c1cccc(Br)c1)[C@@H]1C[C@H]1F. The first kappa shape index (κ1) is 10.1. The molecule has 0 aliphatic heterocycles. The third-order valence-electron chi connectivity index (χ3n) is 2.18. The second kappa shape index (κ2) is 3.31. The first-order valence-corrected chi connectivity index (χ1v) is 6.49. The van der Waals surface area contributed by atoms with Gasteiger partial charge in [0, 0.05) is 4.47 Å². The Morgan fingerprint density at radius 3 is 2.57 bits per heavy atom. The molecule has 1 aromatic carbocycles. The van der Waals surface area contributed by atoms with Crippen molar-refractivity contribution in [2.24, 2.45) is 0 Å². The summed E-state index contributed by atoms with van der Waals surface area (Å²) in [6, 6.07) is 6.36. The summed E-state index contributed by atoms with van der Waals surface area (Å²) in [6.45, 7) is 0. The Morgan fingerprint density at radius 1 is 1.43 bits per heavy atom. The minimum atomic E-state index is -3.44. The van der Waals surface area contributed by atoms with Crippen molar-refractivity contribution < 1.29 is 12.8 Å². The second-order valence-electron chi connectivity index (χ2n) is 3.29. The second-order valence-corrected chi connectivity index (χ2v) is 6.38. The monoisotopic (exact) mass is 278 g/mol. The largest absolute Gasteiger partial charge is 0.246 e. The number of alkyl halides is 1. The Labute approximate surface area is 90.2 Å². The molecule has 5 heteroatoms. The lowest BCUT2D eigenvalue weighted by atomic mass is 10.4. The maximum absolute atomic E-state index is 12.7. The lowest BCUT2D eigenvalue weighted by molar-refractivity contribution is 0.477. The van der Waals surface area contributed by atoms with Crippen LogP contribution in [0.2, 0.25) is 0 Å². The fourth-order valence-electron chi connectivity index (χ4n) is 1.28. The van der Waals surface area contributed by atoms with Crippen LogP contribution in [0.5, 0.6) is 0 Å². The van der Waals surface area contributed by atoms with Gasteiger partial charge in [0.15, 0.2) is 9.84 Å². The molecule has 0 spiro atoms. The minimum Gasteiger partial charge on any atom is -0.246 e. The van der Waals surface area contributed by atoms with E-state index in [-0.39, 0.29) is 11.3 Å². The van der Waals surface area contributed by atoms with Crippen molar-refractivity contribution in [3.63, 3.8) is 0 Å². The molecule has 0 bridgehead atoms. The molecule has 0 saturated heterocycles. The van der Waals surface area contributed by atoms with E-state index in [0.717, 1.165) is 0 Å². The molecule has 2 atom stereocenters. The number of sulfone groups is 1. The third kappa shape index (κ3) is 1.70. The van der Waals surface area contributed by atoms with Crippen molar-refractivity contribution in [1.29, 1.82) is 0 Å². The molecule has 0 aromatic heterocycles. The molecule has 1 aliphatic rings. The quantitative estimate of drug-likeness (QED) is 0.832. The van der Waals surface area contributed by atoms with Gasteiger partial charge < -0.3 is 0 Å². The van der Waals surface area contributed by atoms with Crippen LogP contribution in [-0.2, 0) is 9.84 Å². The molecule has 0 unspecified atom stereocenters. The molecule has 1 aliphatic carbocycles. The van der Waals surface area contributed by atoms with Crippen LogP contribution in [-0.4, -0.2) is 19.8 Å². The maximum atomic E-state index is 12.7. The smallest absolute Gasteiger partial charge is 0.184 e. The van der Waals surface area contributed by atoms with Crippen molar-refractivity contribution in [2.45, 2.75) is 22.7 Å². The molecule has 1 aromatic rings. The zero-order valence-corrected chi connectivity index (χ0v) is 9.55. The van der Waals surface area contributed by atoms with Crippen LogP contribution in [0.15, 0.2) is 33.6 Å². The Kier molecular flexibility index (Phi) is 2.39. The van der Waals surface area contributed by atoms with Crippen molar-refractivity contribution in [1.82, 2.24) is 0 Å². The fourth-order valence-corrected chi connectivity index (χ4v) is 3.57. The van der Waals surface area contributed by atoms with Crippen LogP contribution in [0.3, 0.4) is 0 Å². The van der Waals surface area contributed by atoms with Crippen LogP contribution in [0.4, 0.5) is 4.39 Å². The highest BCUT2D eigenvalue weighted by Gasteiger charge is 2.48. The Morgan fingerprint density at radius 2 is 2.07 bits per heavy atom. The third-order valence-corrected chi connectivity index (χ3v) is 4.87. The van der Waals surface area contributed by atoms with Crippen LogP contribution in [0.25, 0.3) is 0 Å². The molecule has 0 heterocycles. The van der Waals surface area contributed by atoms with E-state index in [1.807, 2.05) is 0 Å². The van der Waals surface area contributed by atoms with E-state index in [4.69, 9.17) is 0 Å². The number of hydrogen-bond acceptors (Lipinski definition) is 2. The van der Waals surface area contributed by atoms with Gasteiger partial charge in [-0.2, -0.15) is 0 Å². The van der Waals surface area contributed by atoms with Gasteiger partial charge in [-0.1, -0.05) is 22.0 Å². The van der Waals surface area contributed by atoms with Crippen molar-refractivity contribution in [3.05, 3.63) is 28.7 Å². The molecule has 0 amide bonds. The van der Waals surface area contributed by atoms with E-state index < -0.39 is 21.3 Å². The van der Waals surface area contributed by atoms with Gasteiger partial charge in [0.05, 0.1) is 10.1 Å². The van der Waals surface area contributed by atoms with Crippen LogP contribution < -0.4 is 0 Å². The van der Waals surface area contributed by atoms with Crippen LogP contribution >= 0.6 is 15.9 Å². The number of halogens is 2. The molecule has 2 rings (SSSR count). The normalized spacial score (nSPS) is 26.1. The summed E-state index contributed by atoms with van der Waals surface area (Å²) in [5.41, 5.74) is 0. The summed E-state index contributed by atoms with van der Waals surface area (Å²) >= 11 is 3.18. The summed E-state index contributed by atoms with van der Waals surface area (Å²) in [5.74, 6) is 0.